The number of hydrogen-bond acceptors (Lipinski definition) is 6. The van der Waals surface area contributed by atoms with Crippen LogP contribution in [0.15, 0.2) is 45.3 Å². The lowest BCUT2D eigenvalue weighted by Gasteiger charge is -2.12. The molecule has 9 heteroatoms. The Kier molecular flexibility index (Phi) is 6.27. The van der Waals surface area contributed by atoms with Gasteiger partial charge < -0.3 is 14.8 Å². The van der Waals surface area contributed by atoms with Crippen molar-refractivity contribution < 1.29 is 14.3 Å². The molecule has 3 rings (SSSR count). The van der Waals surface area contributed by atoms with E-state index in [0.29, 0.717) is 16.8 Å². The number of ether oxygens (including phenoxy) is 2. The highest BCUT2D eigenvalue weighted by molar-refractivity contribution is 7.17. The first-order valence-electron chi connectivity index (χ1n) is 8.64. The van der Waals surface area contributed by atoms with E-state index in [9.17, 15) is 14.4 Å². The van der Waals surface area contributed by atoms with E-state index in [1.165, 1.54) is 23.0 Å². The van der Waals surface area contributed by atoms with Gasteiger partial charge >= 0.3 is 5.69 Å². The summed E-state index contributed by atoms with van der Waals surface area (Å²) in [5.74, 6) is 0.419. The number of nitrogens with zero attached hydrogens (tertiary/aromatic N) is 2. The van der Waals surface area contributed by atoms with Gasteiger partial charge in [-0.3, -0.25) is 18.7 Å². The maximum absolute atomic E-state index is 12.8. The van der Waals surface area contributed by atoms with E-state index in [-0.39, 0.29) is 31.2 Å². The molecule has 8 nitrogen and oxygen atoms in total. The third-order valence-corrected chi connectivity index (χ3v) is 5.20. The summed E-state index contributed by atoms with van der Waals surface area (Å²) in [6.45, 7) is 0.522. The molecular formula is C19H21N3O5S. The highest BCUT2D eigenvalue weighted by Crippen LogP contribution is 2.15. The Morgan fingerprint density at radius 2 is 1.86 bits per heavy atom. The molecule has 0 unspecified atom stereocenters. The molecule has 0 aliphatic rings. The number of carbonyl (C=O) groups is 1. The van der Waals surface area contributed by atoms with E-state index in [4.69, 9.17) is 9.47 Å². The number of thiophene rings is 1. The molecule has 2 aromatic heterocycles. The van der Waals surface area contributed by atoms with Crippen LogP contribution in [0.25, 0.3) is 10.2 Å². The van der Waals surface area contributed by atoms with Crippen molar-refractivity contribution in [3.05, 3.63) is 62.1 Å². The fraction of sp³-hybridized carbons (Fsp3) is 0.316. The summed E-state index contributed by atoms with van der Waals surface area (Å²) < 4.78 is 13.0. The van der Waals surface area contributed by atoms with Crippen LogP contribution in [-0.2, 0) is 29.2 Å². The van der Waals surface area contributed by atoms with Gasteiger partial charge in [0.2, 0.25) is 5.91 Å². The lowest BCUT2D eigenvalue weighted by atomic mass is 10.2. The summed E-state index contributed by atoms with van der Waals surface area (Å²) in [6.07, 6.45) is 0. The first-order valence-corrected chi connectivity index (χ1v) is 9.52. The second-order valence-corrected chi connectivity index (χ2v) is 6.99. The van der Waals surface area contributed by atoms with E-state index in [0.717, 1.165) is 15.9 Å². The molecule has 0 fully saturated rings. The van der Waals surface area contributed by atoms with Crippen LogP contribution in [0.4, 0.5) is 0 Å². The summed E-state index contributed by atoms with van der Waals surface area (Å²) in [6, 6.07) is 9.01. The van der Waals surface area contributed by atoms with E-state index >= 15 is 0 Å². The van der Waals surface area contributed by atoms with Gasteiger partial charge in [-0.25, -0.2) is 4.79 Å². The molecule has 0 saturated carbocycles. The van der Waals surface area contributed by atoms with Gasteiger partial charge in [0.05, 0.1) is 25.8 Å². The minimum absolute atomic E-state index is 0.134. The molecule has 0 spiro atoms. The van der Waals surface area contributed by atoms with E-state index in [2.05, 4.69) is 5.32 Å². The Bertz CT molecular complexity index is 1080. The molecule has 3 aromatic rings. The third-order valence-electron chi connectivity index (χ3n) is 4.31. The van der Waals surface area contributed by atoms with Gasteiger partial charge in [-0.2, -0.15) is 0 Å². The van der Waals surface area contributed by atoms with Crippen molar-refractivity contribution in [1.29, 1.82) is 0 Å². The van der Waals surface area contributed by atoms with Crippen LogP contribution in [0, 0.1) is 0 Å². The second-order valence-electron chi connectivity index (χ2n) is 6.08. The predicted molar refractivity (Wildman–Crippen MR) is 107 cm³/mol. The molecule has 1 aromatic carbocycles. The highest BCUT2D eigenvalue weighted by Gasteiger charge is 2.16. The van der Waals surface area contributed by atoms with Crippen LogP contribution in [0.3, 0.4) is 0 Å². The van der Waals surface area contributed by atoms with Gasteiger partial charge in [0.25, 0.3) is 5.56 Å². The monoisotopic (exact) mass is 403 g/mol. The summed E-state index contributed by atoms with van der Waals surface area (Å²) in [5.41, 5.74) is 0.495. The molecule has 0 aliphatic carbocycles. The number of hydrogen-bond donors (Lipinski definition) is 1. The number of methoxy groups -OCH3 is 2. The summed E-state index contributed by atoms with van der Waals surface area (Å²) in [7, 11) is 3.09. The van der Waals surface area contributed by atoms with E-state index in [1.54, 1.807) is 18.6 Å². The second kappa shape index (κ2) is 8.85. The summed E-state index contributed by atoms with van der Waals surface area (Å²) in [4.78, 5) is 37.7. The molecule has 28 heavy (non-hydrogen) atoms. The molecule has 0 saturated heterocycles. The zero-order valence-corrected chi connectivity index (χ0v) is 16.5. The Morgan fingerprint density at radius 3 is 2.54 bits per heavy atom. The molecule has 1 N–H and O–H groups in total. The molecule has 148 valence electrons. The number of carbonyl (C=O) groups excluding carboxylic acids is 1. The fourth-order valence-electron chi connectivity index (χ4n) is 2.81. The van der Waals surface area contributed by atoms with Gasteiger partial charge in [-0.15, -0.1) is 11.3 Å². The normalized spacial score (nSPS) is 10.9. The summed E-state index contributed by atoms with van der Waals surface area (Å²) in [5, 5.41) is 4.53. The Balaban J connectivity index is 1.80. The van der Waals surface area contributed by atoms with E-state index in [1.807, 2.05) is 24.3 Å². The number of fused-ring (bicyclic) bond motifs is 1. The number of nitrogens with one attached hydrogen (secondary N) is 1. The first-order chi connectivity index (χ1) is 13.5. The molecule has 2 heterocycles. The van der Waals surface area contributed by atoms with Gasteiger partial charge in [-0.1, -0.05) is 12.1 Å². The van der Waals surface area contributed by atoms with Crippen molar-refractivity contribution in [2.75, 3.05) is 20.8 Å². The minimum atomic E-state index is -0.521. The van der Waals surface area contributed by atoms with Crippen molar-refractivity contribution in [1.82, 2.24) is 14.5 Å². The molecular weight excluding hydrogens is 382 g/mol. The Labute approximate surface area is 164 Å². The number of aromatic nitrogens is 2. The zero-order chi connectivity index (χ0) is 20.1. The van der Waals surface area contributed by atoms with Crippen molar-refractivity contribution in [2.24, 2.45) is 0 Å². The first kappa shape index (κ1) is 19.8. The third kappa shape index (κ3) is 4.15. The molecule has 1 amide bonds. The van der Waals surface area contributed by atoms with Crippen LogP contribution in [0.5, 0.6) is 5.75 Å². The maximum atomic E-state index is 12.8. The van der Waals surface area contributed by atoms with Crippen LogP contribution >= 0.6 is 11.3 Å². The van der Waals surface area contributed by atoms with Crippen LogP contribution in [0.2, 0.25) is 0 Å². The quantitative estimate of drug-likeness (QED) is 0.610. The van der Waals surface area contributed by atoms with Crippen LogP contribution in [-0.4, -0.2) is 35.9 Å². The predicted octanol–water partition coefficient (Wildman–Crippen LogP) is 1.20. The Hall–Kier alpha value is -2.91. The topological polar surface area (TPSA) is 91.6 Å². The maximum Gasteiger partial charge on any atom is 0.332 e. The summed E-state index contributed by atoms with van der Waals surface area (Å²) >= 11 is 1.25. The number of amides is 1. The van der Waals surface area contributed by atoms with Gasteiger partial charge in [0, 0.05) is 13.7 Å². The van der Waals surface area contributed by atoms with Crippen molar-refractivity contribution in [2.45, 2.75) is 19.6 Å². The van der Waals surface area contributed by atoms with Gasteiger partial charge in [0.15, 0.2) is 0 Å². The molecule has 0 atom stereocenters. The number of benzene rings is 1. The fourth-order valence-corrected chi connectivity index (χ4v) is 3.65. The number of rotatable bonds is 8. The molecule has 0 aliphatic heterocycles. The zero-order valence-electron chi connectivity index (χ0n) is 15.6. The Morgan fingerprint density at radius 1 is 1.11 bits per heavy atom. The van der Waals surface area contributed by atoms with Crippen LogP contribution in [0.1, 0.15) is 5.56 Å². The molecule has 0 radical (unpaired) electrons. The van der Waals surface area contributed by atoms with Gasteiger partial charge in [0.1, 0.15) is 17.0 Å². The minimum Gasteiger partial charge on any atom is -0.497 e. The standard InChI is InChI=1S/C19H21N3O5S/c1-26-9-8-21-18(24)17-15(7-10-28-17)22(19(21)25)12-16(23)20-11-13-3-5-14(27-2)6-4-13/h3-7,10H,8-9,11-12H2,1-2H3,(H,20,23). The highest BCUT2D eigenvalue weighted by atomic mass is 32.1. The average molecular weight is 403 g/mol. The lowest BCUT2D eigenvalue weighted by molar-refractivity contribution is -0.121. The average Bonchev–Trinajstić information content (AvgIpc) is 3.20. The van der Waals surface area contributed by atoms with Crippen LogP contribution < -0.4 is 21.3 Å². The van der Waals surface area contributed by atoms with E-state index < -0.39 is 5.69 Å². The van der Waals surface area contributed by atoms with Gasteiger partial charge in [-0.05, 0) is 29.1 Å². The van der Waals surface area contributed by atoms with Crippen molar-refractivity contribution in [3.8, 4) is 5.75 Å². The van der Waals surface area contributed by atoms with Crippen molar-refractivity contribution in [3.63, 3.8) is 0 Å². The lowest BCUT2D eigenvalue weighted by Crippen LogP contribution is -2.42. The SMILES string of the molecule is COCCn1c(=O)c2sccc2n(CC(=O)NCc2ccc(OC)cc2)c1=O. The van der Waals surface area contributed by atoms with Crippen molar-refractivity contribution >= 4 is 27.5 Å². The largest absolute Gasteiger partial charge is 0.497 e. The smallest absolute Gasteiger partial charge is 0.332 e. The molecule has 0 bridgehead atoms.